The summed E-state index contributed by atoms with van der Waals surface area (Å²) in [6, 6.07) is 3.66. The van der Waals surface area contributed by atoms with Crippen LogP contribution in [-0.4, -0.2) is 21.5 Å². The highest BCUT2D eigenvalue weighted by molar-refractivity contribution is 7.89. The van der Waals surface area contributed by atoms with E-state index >= 15 is 0 Å². The first-order chi connectivity index (χ1) is 8.81. The van der Waals surface area contributed by atoms with Gasteiger partial charge in [0.15, 0.2) is 0 Å². The summed E-state index contributed by atoms with van der Waals surface area (Å²) in [5.74, 6) is 0. The van der Waals surface area contributed by atoms with E-state index in [-0.39, 0.29) is 6.04 Å². The highest BCUT2D eigenvalue weighted by Crippen LogP contribution is 2.24. The van der Waals surface area contributed by atoms with Crippen molar-refractivity contribution < 1.29 is 8.42 Å². The van der Waals surface area contributed by atoms with Crippen molar-refractivity contribution in [1.82, 2.24) is 4.72 Å². The number of hydrogen-bond acceptors (Lipinski definition) is 3. The Balaban J connectivity index is 3.15. The SMILES string of the molecule is CCCC(C)NS(=O)(=O)c1c(C)cc(NC)cc1C. The molecule has 0 bridgehead atoms. The molecule has 1 rings (SSSR count). The van der Waals surface area contributed by atoms with Gasteiger partial charge < -0.3 is 5.32 Å². The van der Waals surface area contributed by atoms with Gasteiger partial charge >= 0.3 is 0 Å². The zero-order chi connectivity index (χ0) is 14.6. The minimum absolute atomic E-state index is 0.0437. The van der Waals surface area contributed by atoms with Crippen molar-refractivity contribution in [2.45, 2.75) is 51.5 Å². The summed E-state index contributed by atoms with van der Waals surface area (Å²) in [5, 5.41) is 3.03. The molecule has 1 unspecified atom stereocenters. The molecule has 0 spiro atoms. The van der Waals surface area contributed by atoms with E-state index in [1.807, 2.05) is 46.9 Å². The van der Waals surface area contributed by atoms with Crippen LogP contribution in [0.4, 0.5) is 5.69 Å². The van der Waals surface area contributed by atoms with Crippen LogP contribution in [0, 0.1) is 13.8 Å². The third-order valence-corrected chi connectivity index (χ3v) is 4.99. The maximum atomic E-state index is 12.4. The molecular formula is C14H24N2O2S. The van der Waals surface area contributed by atoms with Gasteiger partial charge in [0.05, 0.1) is 4.90 Å². The van der Waals surface area contributed by atoms with Gasteiger partial charge in [-0.3, -0.25) is 0 Å². The highest BCUT2D eigenvalue weighted by atomic mass is 32.2. The van der Waals surface area contributed by atoms with Crippen LogP contribution < -0.4 is 10.0 Å². The summed E-state index contributed by atoms with van der Waals surface area (Å²) in [6.07, 6.45) is 1.80. The van der Waals surface area contributed by atoms with Crippen molar-refractivity contribution in [1.29, 1.82) is 0 Å². The number of sulfonamides is 1. The maximum absolute atomic E-state index is 12.4. The van der Waals surface area contributed by atoms with Crippen LogP contribution in [0.25, 0.3) is 0 Å². The van der Waals surface area contributed by atoms with Crippen molar-refractivity contribution in [2.75, 3.05) is 12.4 Å². The summed E-state index contributed by atoms with van der Waals surface area (Å²) in [7, 11) is -1.62. The topological polar surface area (TPSA) is 58.2 Å². The van der Waals surface area contributed by atoms with Crippen LogP contribution in [0.3, 0.4) is 0 Å². The molecule has 4 nitrogen and oxygen atoms in total. The minimum Gasteiger partial charge on any atom is -0.388 e. The maximum Gasteiger partial charge on any atom is 0.241 e. The van der Waals surface area contributed by atoms with Gasteiger partial charge in [0.25, 0.3) is 0 Å². The predicted molar refractivity (Wildman–Crippen MR) is 80.2 cm³/mol. The van der Waals surface area contributed by atoms with Crippen LogP contribution in [0.15, 0.2) is 17.0 Å². The fourth-order valence-corrected chi connectivity index (χ4v) is 4.07. The van der Waals surface area contributed by atoms with Gasteiger partial charge in [0.2, 0.25) is 10.0 Å². The fraction of sp³-hybridized carbons (Fsp3) is 0.571. The summed E-state index contributed by atoms with van der Waals surface area (Å²) in [5.41, 5.74) is 2.46. The molecule has 0 radical (unpaired) electrons. The van der Waals surface area contributed by atoms with Gasteiger partial charge in [-0.15, -0.1) is 0 Å². The first-order valence-electron chi connectivity index (χ1n) is 6.63. The molecule has 5 heteroatoms. The number of hydrogen-bond donors (Lipinski definition) is 2. The van der Waals surface area contributed by atoms with Gasteiger partial charge in [-0.25, -0.2) is 13.1 Å². The van der Waals surface area contributed by atoms with Crippen molar-refractivity contribution in [3.05, 3.63) is 23.3 Å². The molecule has 19 heavy (non-hydrogen) atoms. The van der Waals surface area contributed by atoms with E-state index in [9.17, 15) is 8.42 Å². The summed E-state index contributed by atoms with van der Waals surface area (Å²) >= 11 is 0. The molecule has 0 heterocycles. The van der Waals surface area contributed by atoms with E-state index in [1.54, 1.807) is 0 Å². The average Bonchev–Trinajstić information content (AvgIpc) is 2.26. The van der Waals surface area contributed by atoms with Crippen LogP contribution in [0.1, 0.15) is 37.8 Å². The van der Waals surface area contributed by atoms with Crippen molar-refractivity contribution >= 4 is 15.7 Å². The standard InChI is InChI=1S/C14H24N2O2S/c1-6-7-12(4)16-19(17,18)14-10(2)8-13(15-5)9-11(14)3/h8-9,12,15-16H,6-7H2,1-5H3. The second kappa shape index (κ2) is 6.39. The van der Waals surface area contributed by atoms with Crippen LogP contribution in [0.5, 0.6) is 0 Å². The smallest absolute Gasteiger partial charge is 0.241 e. The molecule has 1 atom stereocenters. The molecule has 0 saturated heterocycles. The lowest BCUT2D eigenvalue weighted by atomic mass is 10.1. The molecule has 0 saturated carbocycles. The Labute approximate surface area is 116 Å². The molecule has 1 aromatic rings. The van der Waals surface area contributed by atoms with Crippen molar-refractivity contribution in [2.24, 2.45) is 0 Å². The van der Waals surface area contributed by atoms with Crippen molar-refractivity contribution in [3.8, 4) is 0 Å². The Kier molecular flexibility index (Phi) is 5.38. The van der Waals surface area contributed by atoms with Crippen molar-refractivity contribution in [3.63, 3.8) is 0 Å². The van der Waals surface area contributed by atoms with E-state index < -0.39 is 10.0 Å². The molecule has 2 N–H and O–H groups in total. The molecule has 0 aliphatic heterocycles. The van der Waals surface area contributed by atoms with E-state index in [4.69, 9.17) is 0 Å². The zero-order valence-corrected chi connectivity index (χ0v) is 13.2. The Morgan fingerprint density at radius 2 is 1.74 bits per heavy atom. The zero-order valence-electron chi connectivity index (χ0n) is 12.4. The van der Waals surface area contributed by atoms with Gasteiger partial charge in [0.1, 0.15) is 0 Å². The largest absolute Gasteiger partial charge is 0.388 e. The lowest BCUT2D eigenvalue weighted by Gasteiger charge is -2.17. The molecule has 1 aromatic carbocycles. The molecule has 0 aromatic heterocycles. The number of nitrogens with one attached hydrogen (secondary N) is 2. The van der Waals surface area contributed by atoms with E-state index in [0.717, 1.165) is 29.7 Å². The Bertz CT molecular complexity index is 515. The van der Waals surface area contributed by atoms with E-state index in [2.05, 4.69) is 10.0 Å². The number of rotatable bonds is 6. The van der Waals surface area contributed by atoms with Gasteiger partial charge in [-0.05, 0) is 50.5 Å². The molecular weight excluding hydrogens is 260 g/mol. The molecule has 108 valence electrons. The van der Waals surface area contributed by atoms with Crippen LogP contribution >= 0.6 is 0 Å². The molecule has 0 aliphatic rings. The second-order valence-electron chi connectivity index (χ2n) is 5.00. The number of aryl methyl sites for hydroxylation is 2. The average molecular weight is 284 g/mol. The monoisotopic (exact) mass is 284 g/mol. The van der Waals surface area contributed by atoms with Gasteiger partial charge in [0, 0.05) is 18.8 Å². The molecule has 0 amide bonds. The lowest BCUT2D eigenvalue weighted by Crippen LogP contribution is -2.33. The minimum atomic E-state index is -3.45. The number of benzene rings is 1. The van der Waals surface area contributed by atoms with Gasteiger partial charge in [-0.2, -0.15) is 0 Å². The van der Waals surface area contributed by atoms with Gasteiger partial charge in [-0.1, -0.05) is 13.3 Å². The third-order valence-electron chi connectivity index (χ3n) is 3.10. The molecule has 0 aliphatic carbocycles. The summed E-state index contributed by atoms with van der Waals surface area (Å²) in [6.45, 7) is 7.59. The predicted octanol–water partition coefficient (Wildman–Crippen LogP) is 2.81. The van der Waals surface area contributed by atoms with E-state index in [0.29, 0.717) is 4.90 Å². The Morgan fingerprint density at radius 1 is 1.21 bits per heavy atom. The first kappa shape index (κ1) is 16.0. The summed E-state index contributed by atoms with van der Waals surface area (Å²) < 4.78 is 27.6. The third kappa shape index (κ3) is 3.94. The fourth-order valence-electron chi connectivity index (χ4n) is 2.33. The molecule has 0 fully saturated rings. The number of anilines is 1. The summed E-state index contributed by atoms with van der Waals surface area (Å²) in [4.78, 5) is 0.398. The van der Waals surface area contributed by atoms with E-state index in [1.165, 1.54) is 0 Å². The first-order valence-corrected chi connectivity index (χ1v) is 8.11. The Hall–Kier alpha value is -1.07. The highest BCUT2D eigenvalue weighted by Gasteiger charge is 2.21. The Morgan fingerprint density at radius 3 is 2.16 bits per heavy atom. The normalized spacial score (nSPS) is 13.3. The quantitative estimate of drug-likeness (QED) is 0.844. The lowest BCUT2D eigenvalue weighted by molar-refractivity contribution is 0.543. The second-order valence-corrected chi connectivity index (χ2v) is 6.65. The van der Waals surface area contributed by atoms with Crippen LogP contribution in [-0.2, 0) is 10.0 Å². The van der Waals surface area contributed by atoms with Crippen LogP contribution in [0.2, 0.25) is 0 Å².